The van der Waals surface area contributed by atoms with Crippen molar-refractivity contribution in [2.45, 2.75) is 38.6 Å². The molecule has 0 unspecified atom stereocenters. The molecule has 1 aliphatic rings. The van der Waals surface area contributed by atoms with Gasteiger partial charge in [-0.2, -0.15) is 0 Å². The van der Waals surface area contributed by atoms with E-state index in [0.717, 1.165) is 6.54 Å². The molecule has 2 nitrogen and oxygen atoms in total. The Bertz CT molecular complexity index is 348. The SMILES string of the molecule is CC(C)CN(c1cnccc1CCl)C1CC1. The zero-order valence-electron chi connectivity index (χ0n) is 9.99. The first kappa shape index (κ1) is 11.7. The van der Waals surface area contributed by atoms with E-state index in [4.69, 9.17) is 11.6 Å². The van der Waals surface area contributed by atoms with Crippen molar-refractivity contribution in [3.05, 3.63) is 24.0 Å². The molecule has 0 aliphatic heterocycles. The van der Waals surface area contributed by atoms with Crippen LogP contribution in [0.3, 0.4) is 0 Å². The molecule has 0 aromatic carbocycles. The highest BCUT2D eigenvalue weighted by Crippen LogP contribution is 2.34. The first-order chi connectivity index (χ1) is 7.72. The van der Waals surface area contributed by atoms with Crippen LogP contribution < -0.4 is 4.90 Å². The first-order valence-electron chi connectivity index (χ1n) is 5.98. The van der Waals surface area contributed by atoms with Crippen LogP contribution in [-0.2, 0) is 5.88 Å². The Morgan fingerprint density at radius 3 is 2.81 bits per heavy atom. The third kappa shape index (κ3) is 2.67. The third-order valence-corrected chi connectivity index (χ3v) is 3.18. The monoisotopic (exact) mass is 238 g/mol. The van der Waals surface area contributed by atoms with E-state index in [1.165, 1.54) is 24.1 Å². The Morgan fingerprint density at radius 1 is 1.50 bits per heavy atom. The van der Waals surface area contributed by atoms with Crippen LogP contribution in [0.1, 0.15) is 32.3 Å². The van der Waals surface area contributed by atoms with Gasteiger partial charge in [-0.1, -0.05) is 13.8 Å². The van der Waals surface area contributed by atoms with Crippen molar-refractivity contribution < 1.29 is 0 Å². The molecule has 0 N–H and O–H groups in total. The van der Waals surface area contributed by atoms with Crippen LogP contribution in [0.5, 0.6) is 0 Å². The summed E-state index contributed by atoms with van der Waals surface area (Å²) >= 11 is 5.98. The summed E-state index contributed by atoms with van der Waals surface area (Å²) in [7, 11) is 0. The summed E-state index contributed by atoms with van der Waals surface area (Å²) in [4.78, 5) is 6.71. The lowest BCUT2D eigenvalue weighted by Gasteiger charge is -2.28. The highest BCUT2D eigenvalue weighted by atomic mass is 35.5. The number of pyridine rings is 1. The van der Waals surface area contributed by atoms with Gasteiger partial charge < -0.3 is 4.90 Å². The van der Waals surface area contributed by atoms with Crippen LogP contribution in [0.15, 0.2) is 18.5 Å². The van der Waals surface area contributed by atoms with Crippen molar-refractivity contribution in [1.82, 2.24) is 4.98 Å². The van der Waals surface area contributed by atoms with E-state index in [-0.39, 0.29) is 0 Å². The third-order valence-electron chi connectivity index (χ3n) is 2.89. The van der Waals surface area contributed by atoms with Gasteiger partial charge in [0.1, 0.15) is 0 Å². The molecule has 16 heavy (non-hydrogen) atoms. The number of hydrogen-bond donors (Lipinski definition) is 0. The van der Waals surface area contributed by atoms with Crippen LogP contribution in [0.2, 0.25) is 0 Å². The quantitative estimate of drug-likeness (QED) is 0.731. The van der Waals surface area contributed by atoms with Crippen molar-refractivity contribution in [3.63, 3.8) is 0 Å². The molecule has 0 amide bonds. The molecule has 1 heterocycles. The summed E-state index contributed by atoms with van der Waals surface area (Å²) in [5.41, 5.74) is 2.43. The Hall–Kier alpha value is -0.760. The van der Waals surface area contributed by atoms with Gasteiger partial charge >= 0.3 is 0 Å². The fourth-order valence-corrected chi connectivity index (χ4v) is 2.24. The standard InChI is InChI=1S/C13H19ClN2/c1-10(2)9-16(12-3-4-12)13-8-15-6-5-11(13)7-14/h5-6,8,10,12H,3-4,7,9H2,1-2H3. The summed E-state index contributed by atoms with van der Waals surface area (Å²) in [5, 5.41) is 0. The molecule has 0 spiro atoms. The molecule has 0 bridgehead atoms. The van der Waals surface area contributed by atoms with Crippen molar-refractivity contribution in [3.8, 4) is 0 Å². The predicted molar refractivity (Wildman–Crippen MR) is 69.0 cm³/mol. The van der Waals surface area contributed by atoms with E-state index in [1.54, 1.807) is 0 Å². The van der Waals surface area contributed by atoms with E-state index in [2.05, 4.69) is 23.7 Å². The van der Waals surface area contributed by atoms with Crippen LogP contribution in [0.25, 0.3) is 0 Å². The van der Waals surface area contributed by atoms with Crippen molar-refractivity contribution >= 4 is 17.3 Å². The molecule has 1 aromatic heterocycles. The molecule has 1 saturated carbocycles. The highest BCUT2D eigenvalue weighted by Gasteiger charge is 2.30. The van der Waals surface area contributed by atoms with Gasteiger partial charge in [0.15, 0.2) is 0 Å². The normalized spacial score (nSPS) is 15.5. The lowest BCUT2D eigenvalue weighted by Crippen LogP contribution is -2.30. The van der Waals surface area contributed by atoms with Gasteiger partial charge in [0.05, 0.1) is 11.9 Å². The second kappa shape index (κ2) is 5.05. The fraction of sp³-hybridized carbons (Fsp3) is 0.615. The van der Waals surface area contributed by atoms with Crippen LogP contribution >= 0.6 is 11.6 Å². The molecule has 0 atom stereocenters. The van der Waals surface area contributed by atoms with Crippen LogP contribution in [0, 0.1) is 5.92 Å². The molecule has 3 heteroatoms. The van der Waals surface area contributed by atoms with Gasteiger partial charge in [0.2, 0.25) is 0 Å². The second-order valence-electron chi connectivity index (χ2n) is 4.92. The molecule has 1 aromatic rings. The maximum Gasteiger partial charge on any atom is 0.0600 e. The van der Waals surface area contributed by atoms with Gasteiger partial charge in [-0.05, 0) is 30.4 Å². The van der Waals surface area contributed by atoms with Crippen molar-refractivity contribution in [1.29, 1.82) is 0 Å². The minimum absolute atomic E-state index is 0.569. The summed E-state index contributed by atoms with van der Waals surface area (Å²) in [5.74, 6) is 1.24. The van der Waals surface area contributed by atoms with Gasteiger partial charge in [0.25, 0.3) is 0 Å². The summed E-state index contributed by atoms with van der Waals surface area (Å²) in [6.45, 7) is 5.61. The van der Waals surface area contributed by atoms with Crippen LogP contribution in [0.4, 0.5) is 5.69 Å². The van der Waals surface area contributed by atoms with E-state index in [9.17, 15) is 0 Å². The second-order valence-corrected chi connectivity index (χ2v) is 5.18. The maximum atomic E-state index is 5.98. The minimum Gasteiger partial charge on any atom is -0.367 e. The number of rotatable bonds is 5. The maximum absolute atomic E-state index is 5.98. The molecular weight excluding hydrogens is 220 g/mol. The number of hydrogen-bond acceptors (Lipinski definition) is 2. The Balaban J connectivity index is 2.23. The zero-order valence-corrected chi connectivity index (χ0v) is 10.7. The van der Waals surface area contributed by atoms with Gasteiger partial charge in [-0.3, -0.25) is 4.98 Å². The number of anilines is 1. The molecule has 1 fully saturated rings. The number of nitrogens with zero attached hydrogens (tertiary/aromatic N) is 2. The number of halogens is 1. The summed E-state index contributed by atoms with van der Waals surface area (Å²) in [6.07, 6.45) is 6.40. The smallest absolute Gasteiger partial charge is 0.0600 e. The van der Waals surface area contributed by atoms with Gasteiger partial charge in [0, 0.05) is 24.7 Å². The topological polar surface area (TPSA) is 16.1 Å². The minimum atomic E-state index is 0.569. The summed E-state index contributed by atoms with van der Waals surface area (Å²) in [6, 6.07) is 2.74. The van der Waals surface area contributed by atoms with E-state index in [1.807, 2.05) is 18.5 Å². The average molecular weight is 239 g/mol. The lowest BCUT2D eigenvalue weighted by molar-refractivity contribution is 0.605. The number of alkyl halides is 1. The van der Waals surface area contributed by atoms with Crippen molar-refractivity contribution in [2.75, 3.05) is 11.4 Å². The molecule has 0 saturated heterocycles. The van der Waals surface area contributed by atoms with Gasteiger partial charge in [-0.15, -0.1) is 11.6 Å². The highest BCUT2D eigenvalue weighted by molar-refractivity contribution is 6.17. The molecular formula is C13H19ClN2. The van der Waals surface area contributed by atoms with Crippen LogP contribution in [-0.4, -0.2) is 17.6 Å². The molecule has 1 aliphatic carbocycles. The Labute approximate surface area is 103 Å². The van der Waals surface area contributed by atoms with E-state index in [0.29, 0.717) is 17.8 Å². The molecule has 88 valence electrons. The number of aromatic nitrogens is 1. The summed E-state index contributed by atoms with van der Waals surface area (Å²) < 4.78 is 0. The fourth-order valence-electron chi connectivity index (χ4n) is 2.01. The zero-order chi connectivity index (χ0) is 11.5. The Morgan fingerprint density at radius 2 is 2.25 bits per heavy atom. The Kier molecular flexibility index (Phi) is 3.70. The average Bonchev–Trinajstić information content (AvgIpc) is 3.09. The lowest BCUT2D eigenvalue weighted by atomic mass is 10.1. The van der Waals surface area contributed by atoms with E-state index < -0.39 is 0 Å². The predicted octanol–water partition coefficient (Wildman–Crippen LogP) is 3.45. The largest absolute Gasteiger partial charge is 0.367 e. The van der Waals surface area contributed by atoms with E-state index >= 15 is 0 Å². The van der Waals surface area contributed by atoms with Gasteiger partial charge in [-0.25, -0.2) is 0 Å². The molecule has 0 radical (unpaired) electrons. The molecule has 2 rings (SSSR count). The first-order valence-corrected chi connectivity index (χ1v) is 6.51. The van der Waals surface area contributed by atoms with Crippen molar-refractivity contribution in [2.24, 2.45) is 5.92 Å².